The van der Waals surface area contributed by atoms with Gasteiger partial charge in [-0.05, 0) is 0 Å². The van der Waals surface area contributed by atoms with Gasteiger partial charge in [0.1, 0.15) is 5.56 Å². The first kappa shape index (κ1) is 12.0. The predicted octanol–water partition coefficient (Wildman–Crippen LogP) is 0.895. The summed E-state index contributed by atoms with van der Waals surface area (Å²) in [4.78, 5) is 20.5. The van der Waals surface area contributed by atoms with E-state index in [9.17, 15) is 28.1 Å². The first-order chi connectivity index (χ1) is 7.16. The van der Waals surface area contributed by atoms with Gasteiger partial charge in [0.2, 0.25) is 0 Å². The molecule has 1 aromatic heterocycles. The van der Waals surface area contributed by atoms with Gasteiger partial charge in [0, 0.05) is 13.1 Å². The van der Waals surface area contributed by atoms with Crippen molar-refractivity contribution in [3.63, 3.8) is 0 Å². The number of nitro groups is 1. The van der Waals surface area contributed by atoms with Crippen molar-refractivity contribution in [3.8, 4) is 0 Å². The summed E-state index contributed by atoms with van der Waals surface area (Å²) in [7, 11) is 0.930. The zero-order valence-electron chi connectivity index (χ0n) is 7.91. The molecule has 9 heteroatoms. The molecule has 0 aromatic carbocycles. The van der Waals surface area contributed by atoms with Crippen LogP contribution in [0, 0.1) is 10.1 Å². The van der Waals surface area contributed by atoms with Crippen LogP contribution in [0.1, 0.15) is 5.56 Å². The lowest BCUT2D eigenvalue weighted by Gasteiger charge is -2.09. The Hall–Kier alpha value is -2.06. The van der Waals surface area contributed by atoms with Crippen LogP contribution in [0.2, 0.25) is 0 Å². The molecule has 88 valence electrons. The fourth-order valence-electron chi connectivity index (χ4n) is 1.08. The Morgan fingerprint density at radius 3 is 2.38 bits per heavy atom. The van der Waals surface area contributed by atoms with Crippen molar-refractivity contribution in [3.05, 3.63) is 32.1 Å². The van der Waals surface area contributed by atoms with E-state index < -0.39 is 33.7 Å². The van der Waals surface area contributed by atoms with Gasteiger partial charge in [-0.2, -0.15) is 13.2 Å². The fourth-order valence-corrected chi connectivity index (χ4v) is 1.08. The van der Waals surface area contributed by atoms with Gasteiger partial charge in [0.05, 0.1) is 4.92 Å². The molecule has 0 spiro atoms. The highest BCUT2D eigenvalue weighted by molar-refractivity contribution is 5.54. The summed E-state index contributed by atoms with van der Waals surface area (Å²) < 4.78 is 37.4. The number of aromatic nitrogens is 1. The van der Waals surface area contributed by atoms with Crippen LogP contribution in [0.4, 0.5) is 24.7 Å². The molecule has 0 aliphatic rings. The van der Waals surface area contributed by atoms with Crippen molar-refractivity contribution in [2.24, 2.45) is 7.05 Å². The molecular weight excluding hydrogens is 231 g/mol. The number of hydrogen-bond donors (Lipinski definition) is 1. The van der Waals surface area contributed by atoms with Crippen molar-refractivity contribution < 1.29 is 18.1 Å². The van der Waals surface area contributed by atoms with E-state index in [-0.39, 0.29) is 6.07 Å². The molecule has 0 unspecified atom stereocenters. The van der Waals surface area contributed by atoms with Gasteiger partial charge in [-0.3, -0.25) is 19.5 Å². The summed E-state index contributed by atoms with van der Waals surface area (Å²) in [5.41, 5.74) is 1.17. The molecule has 0 saturated heterocycles. The standard InChI is InChI=1S/C7H6F3N3O3/c1-12-5(11)4(13(15)16)2-3(6(12)14)7(8,9)10/h2H,11H2,1H3. The normalized spacial score (nSPS) is 11.5. The van der Waals surface area contributed by atoms with Gasteiger partial charge < -0.3 is 5.73 Å². The van der Waals surface area contributed by atoms with Crippen LogP contribution < -0.4 is 11.3 Å². The van der Waals surface area contributed by atoms with E-state index in [1.807, 2.05) is 0 Å². The number of pyridine rings is 1. The minimum Gasteiger partial charge on any atom is -0.379 e. The summed E-state index contributed by atoms with van der Waals surface area (Å²) in [5.74, 6) is -0.622. The van der Waals surface area contributed by atoms with E-state index in [1.165, 1.54) is 0 Å². The molecule has 2 N–H and O–H groups in total. The highest BCUT2D eigenvalue weighted by Crippen LogP contribution is 2.30. The van der Waals surface area contributed by atoms with Crippen LogP contribution in [-0.2, 0) is 13.2 Å². The van der Waals surface area contributed by atoms with Gasteiger partial charge in [-0.1, -0.05) is 0 Å². The van der Waals surface area contributed by atoms with Crippen molar-refractivity contribution in [1.29, 1.82) is 0 Å². The molecule has 0 radical (unpaired) electrons. The highest BCUT2D eigenvalue weighted by atomic mass is 19.4. The smallest absolute Gasteiger partial charge is 0.379 e. The summed E-state index contributed by atoms with van der Waals surface area (Å²) >= 11 is 0. The van der Waals surface area contributed by atoms with Crippen molar-refractivity contribution >= 4 is 11.5 Å². The second kappa shape index (κ2) is 3.51. The fraction of sp³-hybridized carbons (Fsp3) is 0.286. The molecule has 16 heavy (non-hydrogen) atoms. The number of anilines is 1. The van der Waals surface area contributed by atoms with Crippen LogP contribution in [0.25, 0.3) is 0 Å². The number of rotatable bonds is 1. The third-order valence-electron chi connectivity index (χ3n) is 1.94. The van der Waals surface area contributed by atoms with E-state index in [0.29, 0.717) is 4.57 Å². The van der Waals surface area contributed by atoms with Crippen LogP contribution in [0.15, 0.2) is 10.9 Å². The van der Waals surface area contributed by atoms with Gasteiger partial charge in [0.25, 0.3) is 5.56 Å². The second-order valence-electron chi connectivity index (χ2n) is 2.95. The Labute approximate surface area is 86.2 Å². The van der Waals surface area contributed by atoms with Gasteiger partial charge >= 0.3 is 11.9 Å². The third kappa shape index (κ3) is 1.83. The number of hydrogen-bond acceptors (Lipinski definition) is 4. The lowest BCUT2D eigenvalue weighted by atomic mass is 10.2. The maximum absolute atomic E-state index is 12.3. The maximum atomic E-state index is 12.3. The summed E-state index contributed by atoms with van der Waals surface area (Å²) in [5, 5.41) is 10.4. The number of nitrogens with two attached hydrogens (primary N) is 1. The van der Waals surface area contributed by atoms with Gasteiger partial charge in [0.15, 0.2) is 5.82 Å². The Balaban J connectivity index is 3.68. The molecule has 0 aliphatic carbocycles. The molecule has 0 atom stereocenters. The van der Waals surface area contributed by atoms with Crippen LogP contribution in [-0.4, -0.2) is 9.49 Å². The average molecular weight is 237 g/mol. The molecule has 0 saturated carbocycles. The topological polar surface area (TPSA) is 91.2 Å². The van der Waals surface area contributed by atoms with E-state index in [0.717, 1.165) is 7.05 Å². The number of nitrogens with zero attached hydrogens (tertiary/aromatic N) is 2. The van der Waals surface area contributed by atoms with Crippen LogP contribution in [0.3, 0.4) is 0 Å². The van der Waals surface area contributed by atoms with Crippen molar-refractivity contribution in [1.82, 2.24) is 4.57 Å². The van der Waals surface area contributed by atoms with Gasteiger partial charge in [-0.25, -0.2) is 0 Å². The average Bonchev–Trinajstić information content (AvgIpc) is 2.11. The molecule has 1 rings (SSSR count). The Kier molecular flexibility index (Phi) is 2.63. The quantitative estimate of drug-likeness (QED) is 0.580. The molecule has 0 aliphatic heterocycles. The first-order valence-electron chi connectivity index (χ1n) is 3.87. The minimum atomic E-state index is -4.95. The number of halogens is 3. The zero-order valence-corrected chi connectivity index (χ0v) is 7.91. The molecule has 1 heterocycles. The van der Waals surface area contributed by atoms with E-state index in [4.69, 9.17) is 5.73 Å². The Morgan fingerprint density at radius 1 is 1.50 bits per heavy atom. The van der Waals surface area contributed by atoms with Gasteiger partial charge in [-0.15, -0.1) is 0 Å². The predicted molar refractivity (Wildman–Crippen MR) is 47.8 cm³/mol. The Bertz CT molecular complexity index is 506. The second-order valence-corrected chi connectivity index (χ2v) is 2.95. The number of nitrogen functional groups attached to an aromatic ring is 1. The van der Waals surface area contributed by atoms with E-state index in [1.54, 1.807) is 0 Å². The molecule has 0 bridgehead atoms. The zero-order chi connectivity index (χ0) is 12.7. The van der Waals surface area contributed by atoms with E-state index >= 15 is 0 Å². The summed E-state index contributed by atoms with van der Waals surface area (Å²) in [6, 6.07) is 0.137. The largest absolute Gasteiger partial charge is 0.421 e. The first-order valence-corrected chi connectivity index (χ1v) is 3.87. The maximum Gasteiger partial charge on any atom is 0.421 e. The minimum absolute atomic E-state index is 0.137. The highest BCUT2D eigenvalue weighted by Gasteiger charge is 2.37. The summed E-state index contributed by atoms with van der Waals surface area (Å²) in [6.45, 7) is 0. The SMILES string of the molecule is Cn1c(N)c([N+](=O)[O-])cc(C(F)(F)F)c1=O. The van der Waals surface area contributed by atoms with Crippen molar-refractivity contribution in [2.75, 3.05) is 5.73 Å². The molecular formula is C7H6F3N3O3. The molecule has 0 fully saturated rings. The summed E-state index contributed by atoms with van der Waals surface area (Å²) in [6.07, 6.45) is -4.95. The molecule has 1 aromatic rings. The van der Waals surface area contributed by atoms with Crippen LogP contribution in [0.5, 0.6) is 0 Å². The van der Waals surface area contributed by atoms with Crippen molar-refractivity contribution in [2.45, 2.75) is 6.18 Å². The Morgan fingerprint density at radius 2 is 2.00 bits per heavy atom. The molecule has 6 nitrogen and oxygen atoms in total. The number of alkyl halides is 3. The third-order valence-corrected chi connectivity index (χ3v) is 1.94. The lowest BCUT2D eigenvalue weighted by Crippen LogP contribution is -2.29. The molecule has 0 amide bonds. The monoisotopic (exact) mass is 237 g/mol. The van der Waals surface area contributed by atoms with E-state index in [2.05, 4.69) is 0 Å². The van der Waals surface area contributed by atoms with Crippen LogP contribution >= 0.6 is 0 Å². The lowest BCUT2D eigenvalue weighted by molar-refractivity contribution is -0.384.